The van der Waals surface area contributed by atoms with Crippen LogP contribution in [0.15, 0.2) is 66.6 Å². The molecule has 3 rings (SSSR count). The molecule has 0 aromatic heterocycles. The van der Waals surface area contributed by atoms with Gasteiger partial charge in [0.05, 0.1) is 19.5 Å². The molecule has 1 N–H and O–H groups in total. The molecule has 2 aliphatic rings. The lowest BCUT2D eigenvalue weighted by molar-refractivity contribution is 0.0533. The third-order valence-electron chi connectivity index (χ3n) is 7.49. The first-order valence-corrected chi connectivity index (χ1v) is 15.5. The zero-order valence-electron chi connectivity index (χ0n) is 24.2. The number of anilines is 1. The lowest BCUT2D eigenvalue weighted by Crippen LogP contribution is -2.47. The van der Waals surface area contributed by atoms with Crippen molar-refractivity contribution < 1.29 is 13.2 Å². The summed E-state index contributed by atoms with van der Waals surface area (Å²) in [5.41, 5.74) is 5.34. The van der Waals surface area contributed by atoms with Crippen LogP contribution in [0.1, 0.15) is 37.8 Å². The van der Waals surface area contributed by atoms with E-state index in [9.17, 15) is 8.42 Å². The first-order valence-electron chi connectivity index (χ1n) is 13.6. The van der Waals surface area contributed by atoms with Crippen LogP contribution in [0.5, 0.6) is 0 Å². The third kappa shape index (κ3) is 7.62. The number of ether oxygens (including phenoxy) is 1. The zero-order chi connectivity index (χ0) is 28.7. The van der Waals surface area contributed by atoms with Gasteiger partial charge in [-0.25, -0.2) is 17.7 Å². The van der Waals surface area contributed by atoms with E-state index in [1.165, 1.54) is 6.26 Å². The van der Waals surface area contributed by atoms with Crippen molar-refractivity contribution in [3.05, 3.63) is 72.7 Å². The van der Waals surface area contributed by atoms with Crippen LogP contribution in [0, 0.1) is 12.8 Å². The number of sulfonamides is 1. The highest BCUT2D eigenvalue weighted by atomic mass is 32.2. The smallest absolute Gasteiger partial charge is 0.211 e. The number of likely N-dealkylation sites (N-methyl/N-ethyl adjacent to an activating group) is 1. The maximum absolute atomic E-state index is 12.1. The number of nitrogens with one attached hydrogen (secondary N) is 1. The minimum absolute atomic E-state index is 0.128. The van der Waals surface area contributed by atoms with E-state index < -0.39 is 10.0 Å². The molecule has 39 heavy (non-hydrogen) atoms. The zero-order valence-corrected chi connectivity index (χ0v) is 25.1. The number of aliphatic imine (C=N–C) groups is 1. The second-order valence-electron chi connectivity index (χ2n) is 10.5. The van der Waals surface area contributed by atoms with E-state index in [0.29, 0.717) is 32.1 Å². The molecule has 1 aromatic rings. The number of benzene rings is 1. The van der Waals surface area contributed by atoms with Gasteiger partial charge in [0.15, 0.2) is 0 Å². The van der Waals surface area contributed by atoms with Crippen LogP contribution in [-0.4, -0.2) is 87.1 Å². The van der Waals surface area contributed by atoms with Gasteiger partial charge in [0, 0.05) is 50.5 Å². The Labute approximate surface area is 235 Å². The Hall–Kier alpha value is -2.88. The molecule has 1 aromatic carbocycles. The van der Waals surface area contributed by atoms with Crippen molar-refractivity contribution in [3.8, 4) is 0 Å². The normalized spacial score (nSPS) is 18.5. The van der Waals surface area contributed by atoms with Gasteiger partial charge in [0.2, 0.25) is 10.0 Å². The van der Waals surface area contributed by atoms with E-state index in [4.69, 9.17) is 9.73 Å². The molecule has 2 saturated heterocycles. The van der Waals surface area contributed by atoms with Gasteiger partial charge >= 0.3 is 0 Å². The Morgan fingerprint density at radius 2 is 1.82 bits per heavy atom. The molecule has 214 valence electrons. The molecule has 0 saturated carbocycles. The molecule has 0 aliphatic carbocycles. The fourth-order valence-electron chi connectivity index (χ4n) is 5.30. The first-order chi connectivity index (χ1) is 18.5. The van der Waals surface area contributed by atoms with Gasteiger partial charge in [0.25, 0.3) is 0 Å². The van der Waals surface area contributed by atoms with Gasteiger partial charge in [-0.05, 0) is 60.7 Å². The van der Waals surface area contributed by atoms with Gasteiger partial charge in [0.1, 0.15) is 11.7 Å². The number of rotatable bonds is 10. The van der Waals surface area contributed by atoms with Crippen LogP contribution in [0.2, 0.25) is 0 Å². The number of hydrogen-bond acceptors (Lipinski definition) is 6. The monoisotopic (exact) mass is 555 g/mol. The summed E-state index contributed by atoms with van der Waals surface area (Å²) < 4.78 is 31.3. The van der Waals surface area contributed by atoms with Gasteiger partial charge in [-0.1, -0.05) is 45.7 Å². The quantitative estimate of drug-likeness (QED) is 0.256. The first kappa shape index (κ1) is 30.7. The Bertz CT molecular complexity index is 1220. The number of aryl methyl sites for hydroxylation is 1. The van der Waals surface area contributed by atoms with E-state index in [-0.39, 0.29) is 12.0 Å². The minimum atomic E-state index is -3.21. The van der Waals surface area contributed by atoms with Crippen molar-refractivity contribution in [2.24, 2.45) is 10.9 Å². The van der Waals surface area contributed by atoms with Gasteiger partial charge < -0.3 is 19.9 Å². The highest BCUT2D eigenvalue weighted by molar-refractivity contribution is 7.88. The molecule has 0 bridgehead atoms. The van der Waals surface area contributed by atoms with Crippen molar-refractivity contribution in [2.75, 3.05) is 58.0 Å². The summed E-state index contributed by atoms with van der Waals surface area (Å²) in [6.07, 6.45) is 6.29. The van der Waals surface area contributed by atoms with Crippen molar-refractivity contribution in [1.29, 1.82) is 0 Å². The van der Waals surface area contributed by atoms with Crippen LogP contribution < -0.4 is 5.32 Å². The number of allylic oxidation sites excluding steroid dienone is 1. The lowest BCUT2D eigenvalue weighted by Gasteiger charge is -2.38. The van der Waals surface area contributed by atoms with Gasteiger partial charge in [-0.2, -0.15) is 0 Å². The summed E-state index contributed by atoms with van der Waals surface area (Å²) >= 11 is 0. The summed E-state index contributed by atoms with van der Waals surface area (Å²) in [6.45, 7) is 22.6. The molecule has 0 unspecified atom stereocenters. The highest BCUT2D eigenvalue weighted by Gasteiger charge is 2.30. The number of nitrogens with zero attached hydrogens (tertiary/aromatic N) is 4. The van der Waals surface area contributed by atoms with Crippen LogP contribution in [0.3, 0.4) is 0 Å². The third-order valence-corrected chi connectivity index (χ3v) is 8.80. The molecule has 0 atom stereocenters. The largest absolute Gasteiger partial charge is 0.378 e. The Morgan fingerprint density at radius 3 is 2.33 bits per heavy atom. The van der Waals surface area contributed by atoms with Crippen molar-refractivity contribution in [1.82, 2.24) is 14.1 Å². The number of amidine groups is 1. The fraction of sp³-hybridized carbons (Fsp3) is 0.500. The maximum atomic E-state index is 12.1. The van der Waals surface area contributed by atoms with E-state index >= 15 is 0 Å². The van der Waals surface area contributed by atoms with Crippen molar-refractivity contribution in [3.63, 3.8) is 0 Å². The molecule has 9 heteroatoms. The molecule has 0 spiro atoms. The van der Waals surface area contributed by atoms with Crippen LogP contribution in [0.25, 0.3) is 5.57 Å². The number of hydrogen-bond donors (Lipinski definition) is 1. The maximum Gasteiger partial charge on any atom is 0.211 e. The molecule has 8 nitrogen and oxygen atoms in total. The predicted octanol–water partition coefficient (Wildman–Crippen LogP) is 4.70. The van der Waals surface area contributed by atoms with Gasteiger partial charge in [-0.15, -0.1) is 0 Å². The standard InChI is InChI=1S/C30H45N5O3S/c1-9-27(29(22(3)4)25-11-12-28(31-10-2)23(5)21-25)30(32-24(6)34-17-19-38-20-18-34)33(7)26-13-15-35(16-14-26)39(8,36)37/h9-12,21-22,26,31H,1-2,6,13-20H2,3-5,7-8H3/b29-27+,32-30+. The van der Waals surface area contributed by atoms with Crippen molar-refractivity contribution >= 4 is 27.1 Å². The summed E-state index contributed by atoms with van der Waals surface area (Å²) in [4.78, 5) is 9.50. The number of piperidine rings is 1. The van der Waals surface area contributed by atoms with E-state index in [2.05, 4.69) is 80.9 Å². The molecule has 0 radical (unpaired) electrons. The lowest BCUT2D eigenvalue weighted by atomic mass is 9.88. The molecule has 2 aliphatic heterocycles. The van der Waals surface area contributed by atoms with E-state index in [0.717, 1.165) is 59.7 Å². The Balaban J connectivity index is 2.10. The SMILES string of the molecule is C=CNc1ccc(/C(=C(C=C)/C(=N\C(=C)N2CCOCC2)N(C)C2CCN(S(C)(=O)=O)CC2)C(C)C)cc1C. The topological polar surface area (TPSA) is 77.5 Å². The molecule has 0 amide bonds. The van der Waals surface area contributed by atoms with Crippen LogP contribution in [0.4, 0.5) is 5.69 Å². The molecular formula is C30H45N5O3S. The second kappa shape index (κ2) is 13.5. The second-order valence-corrected chi connectivity index (χ2v) is 12.5. The molecular weight excluding hydrogens is 510 g/mol. The summed E-state index contributed by atoms with van der Waals surface area (Å²) in [5.74, 6) is 1.68. The predicted molar refractivity (Wildman–Crippen MR) is 163 cm³/mol. The Kier molecular flexibility index (Phi) is 10.6. The van der Waals surface area contributed by atoms with Crippen LogP contribution in [-0.2, 0) is 14.8 Å². The molecule has 2 fully saturated rings. The summed E-state index contributed by atoms with van der Waals surface area (Å²) in [5, 5.41) is 3.20. The average molecular weight is 556 g/mol. The van der Waals surface area contributed by atoms with Crippen LogP contribution >= 0.6 is 0 Å². The average Bonchev–Trinajstić information content (AvgIpc) is 2.91. The highest BCUT2D eigenvalue weighted by Crippen LogP contribution is 2.33. The van der Waals surface area contributed by atoms with Crippen molar-refractivity contribution in [2.45, 2.75) is 39.7 Å². The fourth-order valence-corrected chi connectivity index (χ4v) is 6.18. The minimum Gasteiger partial charge on any atom is -0.378 e. The summed E-state index contributed by atoms with van der Waals surface area (Å²) in [7, 11) is -1.16. The molecule has 2 heterocycles. The number of morpholine rings is 1. The van der Waals surface area contributed by atoms with E-state index in [1.807, 2.05) is 6.08 Å². The summed E-state index contributed by atoms with van der Waals surface area (Å²) in [6, 6.07) is 6.51. The van der Waals surface area contributed by atoms with Gasteiger partial charge in [-0.3, -0.25) is 0 Å². The van der Waals surface area contributed by atoms with E-state index in [1.54, 1.807) is 10.5 Å². The Morgan fingerprint density at radius 1 is 1.18 bits per heavy atom.